The molecule has 0 aliphatic rings. The van der Waals surface area contributed by atoms with E-state index in [4.69, 9.17) is 13.7 Å². The Morgan fingerprint density at radius 3 is 2.60 bits per heavy atom. The lowest BCUT2D eigenvalue weighted by Crippen LogP contribution is -1.91. The first-order valence-corrected chi connectivity index (χ1v) is 7.79. The van der Waals surface area contributed by atoms with Crippen molar-refractivity contribution >= 4 is 0 Å². The molecule has 4 aromatic rings. The zero-order chi connectivity index (χ0) is 17.1. The first-order valence-electron chi connectivity index (χ1n) is 7.79. The molecule has 124 valence electrons. The van der Waals surface area contributed by atoms with Gasteiger partial charge < -0.3 is 13.7 Å². The van der Waals surface area contributed by atoms with Crippen LogP contribution < -0.4 is 4.74 Å². The third-order valence-electron chi connectivity index (χ3n) is 3.72. The number of rotatable bonds is 5. The third-order valence-corrected chi connectivity index (χ3v) is 3.72. The molecule has 0 N–H and O–H groups in total. The second-order valence-corrected chi connectivity index (χ2v) is 5.40. The fraction of sp³-hybridized carbons (Fsp3) is 0.105. The summed E-state index contributed by atoms with van der Waals surface area (Å²) >= 11 is 0. The monoisotopic (exact) mass is 333 g/mol. The molecule has 2 heterocycles. The van der Waals surface area contributed by atoms with Gasteiger partial charge in [-0.15, -0.1) is 0 Å². The average molecular weight is 333 g/mol. The minimum atomic E-state index is 0.401. The number of ether oxygens (including phenoxy) is 1. The van der Waals surface area contributed by atoms with Gasteiger partial charge in [-0.2, -0.15) is 4.98 Å². The van der Waals surface area contributed by atoms with Gasteiger partial charge in [0.2, 0.25) is 17.6 Å². The molecule has 0 unspecified atom stereocenters. The molecule has 0 aliphatic carbocycles. The van der Waals surface area contributed by atoms with Crippen LogP contribution in [0.3, 0.4) is 0 Å². The lowest BCUT2D eigenvalue weighted by atomic mass is 10.2. The number of aromatic nitrogens is 3. The molecule has 0 aliphatic heterocycles. The summed E-state index contributed by atoms with van der Waals surface area (Å²) in [6, 6.07) is 17.3. The van der Waals surface area contributed by atoms with E-state index in [0.29, 0.717) is 29.8 Å². The summed E-state index contributed by atoms with van der Waals surface area (Å²) in [6.07, 6.45) is 2.01. The molecule has 0 atom stereocenters. The van der Waals surface area contributed by atoms with E-state index < -0.39 is 0 Å². The van der Waals surface area contributed by atoms with E-state index in [9.17, 15) is 0 Å². The summed E-state index contributed by atoms with van der Waals surface area (Å²) in [5, 5.41) is 4.03. The summed E-state index contributed by atoms with van der Waals surface area (Å²) in [5.41, 5.74) is 2.44. The minimum Gasteiger partial charge on any atom is -0.496 e. The highest BCUT2D eigenvalue weighted by atomic mass is 16.5. The molecule has 0 amide bonds. The van der Waals surface area contributed by atoms with Crippen LogP contribution in [0.25, 0.3) is 22.8 Å². The van der Waals surface area contributed by atoms with Crippen LogP contribution in [0.2, 0.25) is 0 Å². The SMILES string of the molecule is COc1ccccc1-c1noc(Cc2coc(-c3ccccc3)n2)n1. The standard InChI is InChI=1S/C19H15N3O3/c1-23-16-10-6-5-9-15(16)18-21-17(25-22-18)11-14-12-24-19(20-14)13-7-3-2-4-8-13/h2-10,12H,11H2,1H3. The van der Waals surface area contributed by atoms with E-state index in [0.717, 1.165) is 16.8 Å². The van der Waals surface area contributed by atoms with Gasteiger partial charge in [0.05, 0.1) is 24.8 Å². The summed E-state index contributed by atoms with van der Waals surface area (Å²) in [7, 11) is 1.61. The molecule has 2 aromatic carbocycles. The molecule has 0 saturated carbocycles. The van der Waals surface area contributed by atoms with Crippen LogP contribution in [-0.2, 0) is 6.42 Å². The van der Waals surface area contributed by atoms with Crippen LogP contribution in [0.15, 0.2) is 69.8 Å². The first-order chi connectivity index (χ1) is 12.3. The van der Waals surface area contributed by atoms with Gasteiger partial charge in [-0.25, -0.2) is 4.98 Å². The first kappa shape index (κ1) is 15.1. The van der Waals surface area contributed by atoms with Gasteiger partial charge in [0, 0.05) is 5.56 Å². The maximum Gasteiger partial charge on any atom is 0.233 e. The molecule has 0 saturated heterocycles. The molecule has 0 spiro atoms. The number of oxazole rings is 1. The fourth-order valence-corrected chi connectivity index (χ4v) is 2.52. The summed E-state index contributed by atoms with van der Waals surface area (Å²) in [4.78, 5) is 8.90. The molecular weight excluding hydrogens is 318 g/mol. The molecule has 6 nitrogen and oxygen atoms in total. The van der Waals surface area contributed by atoms with Gasteiger partial charge in [-0.05, 0) is 24.3 Å². The average Bonchev–Trinajstić information content (AvgIpc) is 3.32. The molecule has 6 heteroatoms. The third kappa shape index (κ3) is 3.14. The van der Waals surface area contributed by atoms with Gasteiger partial charge in [0.15, 0.2) is 0 Å². The van der Waals surface area contributed by atoms with Crippen LogP contribution >= 0.6 is 0 Å². The molecule has 0 bridgehead atoms. The topological polar surface area (TPSA) is 74.2 Å². The number of hydrogen-bond donors (Lipinski definition) is 0. The Hall–Kier alpha value is -3.41. The van der Waals surface area contributed by atoms with E-state index in [1.54, 1.807) is 13.4 Å². The summed E-state index contributed by atoms with van der Waals surface area (Å²) in [6.45, 7) is 0. The van der Waals surface area contributed by atoms with Crippen LogP contribution in [0.1, 0.15) is 11.6 Å². The Balaban J connectivity index is 1.55. The van der Waals surface area contributed by atoms with Crippen LogP contribution in [0.5, 0.6) is 5.75 Å². The van der Waals surface area contributed by atoms with Crippen molar-refractivity contribution in [3.63, 3.8) is 0 Å². The van der Waals surface area contributed by atoms with Crippen molar-refractivity contribution in [2.75, 3.05) is 7.11 Å². The molecular formula is C19H15N3O3. The maximum absolute atomic E-state index is 5.53. The van der Waals surface area contributed by atoms with Gasteiger partial charge in [0.25, 0.3) is 0 Å². The number of methoxy groups -OCH3 is 1. The molecule has 0 fully saturated rings. The van der Waals surface area contributed by atoms with Crippen LogP contribution in [0.4, 0.5) is 0 Å². The Labute approximate surface area is 144 Å². The predicted octanol–water partition coefficient (Wildman–Crippen LogP) is 3.99. The maximum atomic E-state index is 5.53. The van der Waals surface area contributed by atoms with Crippen molar-refractivity contribution in [1.82, 2.24) is 15.1 Å². The Bertz CT molecular complexity index is 976. The fourth-order valence-electron chi connectivity index (χ4n) is 2.52. The quantitative estimate of drug-likeness (QED) is 0.550. The van der Waals surface area contributed by atoms with Gasteiger partial charge in [-0.3, -0.25) is 0 Å². The second kappa shape index (κ2) is 6.60. The van der Waals surface area contributed by atoms with Gasteiger partial charge in [0.1, 0.15) is 12.0 Å². The Kier molecular flexibility index (Phi) is 4.00. The second-order valence-electron chi connectivity index (χ2n) is 5.40. The van der Waals surface area contributed by atoms with Crippen molar-refractivity contribution in [3.8, 4) is 28.6 Å². The zero-order valence-corrected chi connectivity index (χ0v) is 13.5. The molecule has 25 heavy (non-hydrogen) atoms. The zero-order valence-electron chi connectivity index (χ0n) is 13.5. The number of benzene rings is 2. The van der Waals surface area contributed by atoms with E-state index >= 15 is 0 Å². The van der Waals surface area contributed by atoms with E-state index in [-0.39, 0.29) is 0 Å². The predicted molar refractivity (Wildman–Crippen MR) is 91.0 cm³/mol. The lowest BCUT2D eigenvalue weighted by Gasteiger charge is -2.02. The number of para-hydroxylation sites is 1. The highest BCUT2D eigenvalue weighted by Crippen LogP contribution is 2.27. The molecule has 0 radical (unpaired) electrons. The normalized spacial score (nSPS) is 10.8. The summed E-state index contributed by atoms with van der Waals surface area (Å²) < 4.78 is 16.2. The van der Waals surface area contributed by atoms with Crippen molar-refractivity contribution in [2.24, 2.45) is 0 Å². The van der Waals surface area contributed by atoms with Crippen LogP contribution in [0, 0.1) is 0 Å². The van der Waals surface area contributed by atoms with E-state index in [2.05, 4.69) is 15.1 Å². The molecule has 2 aromatic heterocycles. The van der Waals surface area contributed by atoms with Gasteiger partial charge >= 0.3 is 0 Å². The van der Waals surface area contributed by atoms with E-state index in [1.807, 2.05) is 54.6 Å². The minimum absolute atomic E-state index is 0.401. The van der Waals surface area contributed by atoms with Crippen LogP contribution in [-0.4, -0.2) is 22.2 Å². The summed E-state index contributed by atoms with van der Waals surface area (Å²) in [5.74, 6) is 2.22. The largest absolute Gasteiger partial charge is 0.496 e. The van der Waals surface area contributed by atoms with Gasteiger partial charge in [-0.1, -0.05) is 35.5 Å². The number of nitrogens with zero attached hydrogens (tertiary/aromatic N) is 3. The van der Waals surface area contributed by atoms with Crippen molar-refractivity contribution in [1.29, 1.82) is 0 Å². The number of hydrogen-bond acceptors (Lipinski definition) is 6. The lowest BCUT2D eigenvalue weighted by molar-refractivity contribution is 0.383. The Morgan fingerprint density at radius 2 is 1.76 bits per heavy atom. The Morgan fingerprint density at radius 1 is 0.960 bits per heavy atom. The van der Waals surface area contributed by atoms with Crippen molar-refractivity contribution in [3.05, 3.63) is 72.4 Å². The highest BCUT2D eigenvalue weighted by molar-refractivity contribution is 5.63. The van der Waals surface area contributed by atoms with Crippen molar-refractivity contribution < 1.29 is 13.7 Å². The molecule has 4 rings (SSSR count). The smallest absolute Gasteiger partial charge is 0.233 e. The van der Waals surface area contributed by atoms with Crippen molar-refractivity contribution in [2.45, 2.75) is 6.42 Å². The van der Waals surface area contributed by atoms with E-state index in [1.165, 1.54) is 0 Å². The highest BCUT2D eigenvalue weighted by Gasteiger charge is 2.15.